The summed E-state index contributed by atoms with van der Waals surface area (Å²) in [5.41, 5.74) is 0.650. The molecule has 0 aliphatic heterocycles. The molecule has 0 saturated heterocycles. The average molecular weight is 285 g/mol. The van der Waals surface area contributed by atoms with Crippen molar-refractivity contribution in [3.05, 3.63) is 44.4 Å². The van der Waals surface area contributed by atoms with Crippen LogP contribution in [0.2, 0.25) is 0 Å². The predicted octanol–water partition coefficient (Wildman–Crippen LogP) is 3.84. The molecule has 0 amide bonds. The summed E-state index contributed by atoms with van der Waals surface area (Å²) in [5.74, 6) is 0.868. The van der Waals surface area contributed by atoms with Gasteiger partial charge in [-0.05, 0) is 41.1 Å². The second kappa shape index (κ2) is 4.33. The Morgan fingerprint density at radius 1 is 1.53 bits per heavy atom. The molecule has 0 bridgehead atoms. The van der Waals surface area contributed by atoms with Crippen LogP contribution in [0, 0.1) is 6.92 Å². The van der Waals surface area contributed by atoms with Gasteiger partial charge in [0.2, 0.25) is 0 Å². The molecule has 2 heterocycles. The standard InChI is InChI=1S/C11H9BrO2S/c1-7-4-8(6-14-7)10(13)5-9-2-3-11(12)15-9/h2-4,6H,5H2,1H3. The average Bonchev–Trinajstić information content (AvgIpc) is 2.75. The van der Waals surface area contributed by atoms with Crippen LogP contribution >= 0.6 is 27.3 Å². The lowest BCUT2D eigenvalue weighted by Crippen LogP contribution is -1.99. The smallest absolute Gasteiger partial charge is 0.171 e. The Kier molecular flexibility index (Phi) is 3.07. The summed E-state index contributed by atoms with van der Waals surface area (Å²) in [6.45, 7) is 1.83. The number of carbonyl (C=O) groups is 1. The van der Waals surface area contributed by atoms with Gasteiger partial charge in [-0.15, -0.1) is 11.3 Å². The van der Waals surface area contributed by atoms with Gasteiger partial charge in [0.05, 0.1) is 9.35 Å². The highest BCUT2D eigenvalue weighted by atomic mass is 79.9. The van der Waals surface area contributed by atoms with Gasteiger partial charge in [0, 0.05) is 11.3 Å². The predicted molar refractivity (Wildman–Crippen MR) is 63.5 cm³/mol. The summed E-state index contributed by atoms with van der Waals surface area (Å²) in [5, 5.41) is 0. The van der Waals surface area contributed by atoms with Gasteiger partial charge in [0.15, 0.2) is 5.78 Å². The molecule has 0 aliphatic rings. The second-order valence-corrected chi connectivity index (χ2v) is 5.80. The molecule has 78 valence electrons. The van der Waals surface area contributed by atoms with Crippen molar-refractivity contribution in [3.8, 4) is 0 Å². The number of aryl methyl sites for hydroxylation is 1. The molecule has 2 rings (SSSR count). The highest BCUT2D eigenvalue weighted by Crippen LogP contribution is 2.23. The van der Waals surface area contributed by atoms with Crippen molar-refractivity contribution in [3.63, 3.8) is 0 Å². The van der Waals surface area contributed by atoms with Crippen LogP contribution in [-0.2, 0) is 6.42 Å². The van der Waals surface area contributed by atoms with Gasteiger partial charge in [0.1, 0.15) is 12.0 Å². The number of ketones is 1. The molecule has 0 unspecified atom stereocenters. The van der Waals surface area contributed by atoms with Gasteiger partial charge < -0.3 is 4.42 Å². The van der Waals surface area contributed by atoms with Gasteiger partial charge in [-0.25, -0.2) is 0 Å². The molecule has 2 nitrogen and oxygen atoms in total. The minimum atomic E-state index is 0.0983. The zero-order valence-corrected chi connectivity index (χ0v) is 10.5. The third kappa shape index (κ3) is 2.58. The van der Waals surface area contributed by atoms with E-state index in [0.717, 1.165) is 14.4 Å². The van der Waals surface area contributed by atoms with Gasteiger partial charge in [-0.2, -0.15) is 0 Å². The van der Waals surface area contributed by atoms with Gasteiger partial charge in [0.25, 0.3) is 0 Å². The van der Waals surface area contributed by atoms with E-state index in [0.29, 0.717) is 12.0 Å². The summed E-state index contributed by atoms with van der Waals surface area (Å²) >= 11 is 4.95. The Morgan fingerprint density at radius 2 is 2.33 bits per heavy atom. The van der Waals surface area contributed by atoms with Crippen molar-refractivity contribution in [2.45, 2.75) is 13.3 Å². The Morgan fingerprint density at radius 3 is 2.87 bits per heavy atom. The maximum Gasteiger partial charge on any atom is 0.171 e. The number of hydrogen-bond donors (Lipinski definition) is 0. The first kappa shape index (κ1) is 10.6. The molecule has 0 aromatic carbocycles. The Labute approximate surface area is 100 Å². The summed E-state index contributed by atoms with van der Waals surface area (Å²) in [6.07, 6.45) is 1.95. The topological polar surface area (TPSA) is 30.2 Å². The first-order chi connectivity index (χ1) is 7.15. The molecule has 0 radical (unpaired) electrons. The van der Waals surface area contributed by atoms with Crippen molar-refractivity contribution < 1.29 is 9.21 Å². The van der Waals surface area contributed by atoms with E-state index in [2.05, 4.69) is 15.9 Å². The first-order valence-electron chi connectivity index (χ1n) is 4.47. The molecule has 0 fully saturated rings. The SMILES string of the molecule is Cc1cc(C(=O)Cc2ccc(Br)s2)co1. The monoisotopic (exact) mass is 284 g/mol. The zero-order valence-electron chi connectivity index (χ0n) is 8.12. The second-order valence-electron chi connectivity index (χ2n) is 3.25. The third-order valence-electron chi connectivity index (χ3n) is 2.02. The fraction of sp³-hybridized carbons (Fsp3) is 0.182. The zero-order chi connectivity index (χ0) is 10.8. The lowest BCUT2D eigenvalue weighted by molar-refractivity contribution is 0.0993. The van der Waals surface area contributed by atoms with E-state index in [1.165, 1.54) is 6.26 Å². The van der Waals surface area contributed by atoms with Crippen LogP contribution in [0.25, 0.3) is 0 Å². The molecule has 2 aromatic heterocycles. The van der Waals surface area contributed by atoms with Crippen LogP contribution in [0.4, 0.5) is 0 Å². The number of rotatable bonds is 3. The maximum absolute atomic E-state index is 11.8. The largest absolute Gasteiger partial charge is 0.469 e. The van der Waals surface area contributed by atoms with E-state index < -0.39 is 0 Å². The lowest BCUT2D eigenvalue weighted by atomic mass is 10.1. The molecule has 2 aromatic rings. The molecular formula is C11H9BrO2S. The molecule has 4 heteroatoms. The highest BCUT2D eigenvalue weighted by Gasteiger charge is 2.10. The van der Waals surface area contributed by atoms with E-state index in [1.54, 1.807) is 17.4 Å². The van der Waals surface area contributed by atoms with Crippen LogP contribution in [0.15, 0.2) is 32.7 Å². The molecule has 15 heavy (non-hydrogen) atoms. The van der Waals surface area contributed by atoms with Crippen molar-refractivity contribution in [1.82, 2.24) is 0 Å². The normalized spacial score (nSPS) is 10.5. The van der Waals surface area contributed by atoms with Crippen LogP contribution in [0.1, 0.15) is 21.0 Å². The molecule has 0 atom stereocenters. The van der Waals surface area contributed by atoms with E-state index >= 15 is 0 Å². The number of carbonyl (C=O) groups excluding carboxylic acids is 1. The van der Waals surface area contributed by atoms with Crippen molar-refractivity contribution >= 4 is 33.0 Å². The van der Waals surface area contributed by atoms with Crippen molar-refractivity contribution in [2.75, 3.05) is 0 Å². The maximum atomic E-state index is 11.8. The van der Waals surface area contributed by atoms with Crippen LogP contribution in [0.3, 0.4) is 0 Å². The van der Waals surface area contributed by atoms with E-state index in [9.17, 15) is 4.79 Å². The summed E-state index contributed by atoms with van der Waals surface area (Å²) in [7, 11) is 0. The third-order valence-corrected chi connectivity index (χ3v) is 3.64. The lowest BCUT2D eigenvalue weighted by Gasteiger charge is -1.93. The van der Waals surface area contributed by atoms with Crippen molar-refractivity contribution in [2.24, 2.45) is 0 Å². The first-order valence-corrected chi connectivity index (χ1v) is 6.08. The summed E-state index contributed by atoms with van der Waals surface area (Å²) in [6, 6.07) is 5.68. The van der Waals surface area contributed by atoms with E-state index in [4.69, 9.17) is 4.42 Å². The summed E-state index contributed by atoms with van der Waals surface area (Å²) in [4.78, 5) is 12.8. The van der Waals surface area contributed by atoms with Crippen LogP contribution < -0.4 is 0 Å². The molecule has 0 N–H and O–H groups in total. The Bertz CT molecular complexity index is 484. The fourth-order valence-corrected chi connectivity index (χ4v) is 2.78. The minimum Gasteiger partial charge on any atom is -0.469 e. The highest BCUT2D eigenvalue weighted by molar-refractivity contribution is 9.11. The van der Waals surface area contributed by atoms with Crippen molar-refractivity contribution in [1.29, 1.82) is 0 Å². The number of Topliss-reactive ketones (excluding diaryl/α,β-unsaturated/α-hetero) is 1. The van der Waals surface area contributed by atoms with E-state index in [-0.39, 0.29) is 5.78 Å². The van der Waals surface area contributed by atoms with E-state index in [1.807, 2.05) is 19.1 Å². The quantitative estimate of drug-likeness (QED) is 0.802. The van der Waals surface area contributed by atoms with Crippen LogP contribution in [-0.4, -0.2) is 5.78 Å². The minimum absolute atomic E-state index is 0.0983. The number of halogens is 1. The van der Waals surface area contributed by atoms with Crippen LogP contribution in [0.5, 0.6) is 0 Å². The fourth-order valence-electron chi connectivity index (χ4n) is 1.30. The molecule has 0 aliphatic carbocycles. The Hall–Kier alpha value is -0.870. The number of thiophene rings is 1. The molecular weight excluding hydrogens is 276 g/mol. The number of hydrogen-bond acceptors (Lipinski definition) is 3. The Balaban J connectivity index is 2.10. The van der Waals surface area contributed by atoms with Gasteiger partial charge in [-0.1, -0.05) is 0 Å². The van der Waals surface area contributed by atoms with Gasteiger partial charge >= 0.3 is 0 Å². The molecule has 0 spiro atoms. The number of furan rings is 1. The van der Waals surface area contributed by atoms with Gasteiger partial charge in [-0.3, -0.25) is 4.79 Å². The summed E-state index contributed by atoms with van der Waals surface area (Å²) < 4.78 is 6.15. The molecule has 0 saturated carbocycles.